The van der Waals surface area contributed by atoms with Crippen molar-refractivity contribution in [1.29, 1.82) is 0 Å². The molecular weight excluding hydrogens is 338 g/mol. The molecule has 0 radical (unpaired) electrons. The lowest BCUT2D eigenvalue weighted by Gasteiger charge is -2.32. The molecule has 0 spiro atoms. The van der Waals surface area contributed by atoms with Crippen LogP contribution in [-0.2, 0) is 24.9 Å². The number of nitrogens with zero attached hydrogens (tertiary/aromatic N) is 5. The van der Waals surface area contributed by atoms with Gasteiger partial charge in [0.15, 0.2) is 0 Å². The molecule has 6 nitrogen and oxygen atoms in total. The zero-order valence-corrected chi connectivity index (χ0v) is 16.6. The van der Waals surface area contributed by atoms with Crippen molar-refractivity contribution in [3.05, 3.63) is 47.0 Å². The summed E-state index contributed by atoms with van der Waals surface area (Å²) in [7, 11) is 2.13. The lowest BCUT2D eigenvalue weighted by Crippen LogP contribution is -2.36. The van der Waals surface area contributed by atoms with Crippen molar-refractivity contribution < 1.29 is 4.74 Å². The van der Waals surface area contributed by atoms with Gasteiger partial charge in [-0.05, 0) is 31.9 Å². The van der Waals surface area contributed by atoms with Gasteiger partial charge in [0.2, 0.25) is 0 Å². The Kier molecular flexibility index (Phi) is 5.86. The first-order valence-corrected chi connectivity index (χ1v) is 10.2. The fourth-order valence-electron chi connectivity index (χ4n) is 4.19. The summed E-state index contributed by atoms with van der Waals surface area (Å²) in [6.07, 6.45) is 2.43. The second kappa shape index (κ2) is 8.50. The van der Waals surface area contributed by atoms with Gasteiger partial charge in [-0.1, -0.05) is 29.8 Å². The third-order valence-corrected chi connectivity index (χ3v) is 5.86. The van der Waals surface area contributed by atoms with Crippen molar-refractivity contribution in [1.82, 2.24) is 24.6 Å². The highest BCUT2D eigenvalue weighted by Gasteiger charge is 2.26. The van der Waals surface area contributed by atoms with E-state index >= 15 is 0 Å². The van der Waals surface area contributed by atoms with Gasteiger partial charge in [-0.3, -0.25) is 9.80 Å². The average molecular weight is 370 g/mol. The highest BCUT2D eigenvalue weighted by molar-refractivity contribution is 5.21. The number of aromatic nitrogens is 3. The first-order valence-electron chi connectivity index (χ1n) is 10.2. The molecular formula is C21H31N5O. The van der Waals surface area contributed by atoms with Crippen molar-refractivity contribution in [3.8, 4) is 0 Å². The molecule has 2 aliphatic rings. The lowest BCUT2D eigenvalue weighted by molar-refractivity contribution is 0.0326. The van der Waals surface area contributed by atoms with Crippen LogP contribution in [0.25, 0.3) is 0 Å². The second-order valence-electron chi connectivity index (χ2n) is 7.98. The van der Waals surface area contributed by atoms with E-state index in [1.807, 2.05) is 0 Å². The van der Waals surface area contributed by atoms with Crippen LogP contribution in [0.5, 0.6) is 0 Å². The van der Waals surface area contributed by atoms with Gasteiger partial charge in [0.1, 0.15) is 11.6 Å². The van der Waals surface area contributed by atoms with Crippen LogP contribution in [0, 0.1) is 6.92 Å². The Morgan fingerprint density at radius 1 is 1.00 bits per heavy atom. The van der Waals surface area contributed by atoms with E-state index in [1.54, 1.807) is 0 Å². The zero-order chi connectivity index (χ0) is 18.6. The number of morpholine rings is 1. The molecule has 4 rings (SSSR count). The highest BCUT2D eigenvalue weighted by Crippen LogP contribution is 2.27. The molecule has 146 valence electrons. The topological polar surface area (TPSA) is 46.4 Å². The monoisotopic (exact) mass is 369 g/mol. The summed E-state index contributed by atoms with van der Waals surface area (Å²) in [5.74, 6) is 2.69. The van der Waals surface area contributed by atoms with Crippen molar-refractivity contribution in [2.45, 2.75) is 38.8 Å². The van der Waals surface area contributed by atoms with E-state index < -0.39 is 0 Å². The van der Waals surface area contributed by atoms with Gasteiger partial charge in [-0.2, -0.15) is 0 Å². The summed E-state index contributed by atoms with van der Waals surface area (Å²) >= 11 is 0. The number of piperidine rings is 1. The highest BCUT2D eigenvalue weighted by atomic mass is 16.5. The summed E-state index contributed by atoms with van der Waals surface area (Å²) in [6.45, 7) is 9.87. The van der Waals surface area contributed by atoms with Crippen molar-refractivity contribution in [3.63, 3.8) is 0 Å². The van der Waals surface area contributed by atoms with E-state index in [2.05, 4.69) is 62.8 Å². The molecule has 0 bridgehead atoms. The maximum absolute atomic E-state index is 5.45. The fourth-order valence-corrected chi connectivity index (χ4v) is 4.19. The molecule has 0 aliphatic carbocycles. The predicted octanol–water partition coefficient (Wildman–Crippen LogP) is 2.34. The summed E-state index contributed by atoms with van der Waals surface area (Å²) in [5, 5.41) is 9.10. The molecule has 0 unspecified atom stereocenters. The number of hydrogen-bond donors (Lipinski definition) is 0. The Morgan fingerprint density at radius 3 is 2.56 bits per heavy atom. The number of ether oxygens (including phenoxy) is 1. The largest absolute Gasteiger partial charge is 0.379 e. The van der Waals surface area contributed by atoms with E-state index in [0.717, 1.165) is 57.6 Å². The van der Waals surface area contributed by atoms with Crippen LogP contribution in [0.1, 0.15) is 41.5 Å². The Morgan fingerprint density at radius 2 is 1.78 bits per heavy atom. The van der Waals surface area contributed by atoms with Gasteiger partial charge in [0, 0.05) is 39.1 Å². The Hall–Kier alpha value is -1.76. The smallest absolute Gasteiger partial charge is 0.146 e. The van der Waals surface area contributed by atoms with Gasteiger partial charge < -0.3 is 9.30 Å². The van der Waals surface area contributed by atoms with Crippen LogP contribution >= 0.6 is 0 Å². The number of likely N-dealkylation sites (tertiary alicyclic amines) is 1. The minimum atomic E-state index is 0.472. The molecule has 1 aromatic carbocycles. The molecule has 1 aromatic heterocycles. The minimum absolute atomic E-state index is 0.472. The normalized spacial score (nSPS) is 22.2. The third-order valence-electron chi connectivity index (χ3n) is 5.86. The van der Waals surface area contributed by atoms with Gasteiger partial charge in [-0.25, -0.2) is 0 Å². The molecule has 0 N–H and O–H groups in total. The summed E-state index contributed by atoms with van der Waals surface area (Å²) in [6, 6.07) is 8.91. The van der Waals surface area contributed by atoms with Crippen molar-refractivity contribution in [2.75, 3.05) is 39.4 Å². The Labute approximate surface area is 162 Å². The Bertz CT molecular complexity index is 736. The quantitative estimate of drug-likeness (QED) is 0.810. The molecule has 2 fully saturated rings. The van der Waals surface area contributed by atoms with E-state index in [0.29, 0.717) is 5.92 Å². The van der Waals surface area contributed by atoms with Gasteiger partial charge >= 0.3 is 0 Å². The standard InChI is InChI=1S/C21H31N5O/c1-17-5-7-18(8-6-17)14-26-9-3-4-19(15-26)21-23-22-20(24(21)2)16-25-10-12-27-13-11-25/h5-8,19H,3-4,9-16H2,1-2H3/t19-/m0/s1. The summed E-state index contributed by atoms with van der Waals surface area (Å²) in [4.78, 5) is 4.97. The van der Waals surface area contributed by atoms with E-state index in [4.69, 9.17) is 4.74 Å². The van der Waals surface area contributed by atoms with E-state index in [1.165, 1.54) is 30.5 Å². The average Bonchev–Trinajstić information content (AvgIpc) is 3.05. The molecule has 0 amide bonds. The van der Waals surface area contributed by atoms with Crippen LogP contribution in [-0.4, -0.2) is 64.0 Å². The third kappa shape index (κ3) is 4.57. The van der Waals surface area contributed by atoms with Crippen molar-refractivity contribution >= 4 is 0 Å². The van der Waals surface area contributed by atoms with Gasteiger partial charge in [0.05, 0.1) is 19.8 Å². The maximum atomic E-state index is 5.45. The summed E-state index contributed by atoms with van der Waals surface area (Å²) < 4.78 is 7.68. The van der Waals surface area contributed by atoms with Crippen LogP contribution < -0.4 is 0 Å². The van der Waals surface area contributed by atoms with Gasteiger partial charge in [0.25, 0.3) is 0 Å². The van der Waals surface area contributed by atoms with Crippen LogP contribution in [0.4, 0.5) is 0 Å². The number of rotatable bonds is 5. The minimum Gasteiger partial charge on any atom is -0.379 e. The van der Waals surface area contributed by atoms with Crippen LogP contribution in [0.2, 0.25) is 0 Å². The lowest BCUT2D eigenvalue weighted by atomic mass is 9.96. The number of benzene rings is 1. The molecule has 27 heavy (non-hydrogen) atoms. The van der Waals surface area contributed by atoms with E-state index in [-0.39, 0.29) is 0 Å². The Balaban J connectivity index is 1.39. The molecule has 2 aliphatic heterocycles. The molecule has 0 saturated carbocycles. The zero-order valence-electron chi connectivity index (χ0n) is 16.6. The molecule has 2 aromatic rings. The molecule has 6 heteroatoms. The SMILES string of the molecule is Cc1ccc(CN2CCC[C@H](c3nnc(CN4CCOCC4)n3C)C2)cc1. The number of aryl methyl sites for hydroxylation is 1. The summed E-state index contributed by atoms with van der Waals surface area (Å²) in [5.41, 5.74) is 2.72. The first-order chi connectivity index (χ1) is 13.2. The second-order valence-corrected chi connectivity index (χ2v) is 7.98. The number of hydrogen-bond acceptors (Lipinski definition) is 5. The van der Waals surface area contributed by atoms with E-state index in [9.17, 15) is 0 Å². The fraction of sp³-hybridized carbons (Fsp3) is 0.619. The van der Waals surface area contributed by atoms with Crippen LogP contribution in [0.3, 0.4) is 0 Å². The maximum Gasteiger partial charge on any atom is 0.146 e. The molecule has 1 atom stereocenters. The predicted molar refractivity (Wildman–Crippen MR) is 106 cm³/mol. The van der Waals surface area contributed by atoms with Gasteiger partial charge in [-0.15, -0.1) is 10.2 Å². The molecule has 2 saturated heterocycles. The van der Waals surface area contributed by atoms with Crippen LogP contribution in [0.15, 0.2) is 24.3 Å². The first kappa shape index (κ1) is 18.6. The molecule has 3 heterocycles. The van der Waals surface area contributed by atoms with Crippen molar-refractivity contribution in [2.24, 2.45) is 7.05 Å².